The van der Waals surface area contributed by atoms with Gasteiger partial charge in [0.2, 0.25) is 0 Å². The van der Waals surface area contributed by atoms with Gasteiger partial charge >= 0.3 is 0 Å². The van der Waals surface area contributed by atoms with Gasteiger partial charge in [0.05, 0.1) is 5.76 Å². The number of hydrogen-bond acceptors (Lipinski definition) is 1. The van der Waals surface area contributed by atoms with Crippen molar-refractivity contribution >= 4 is 0 Å². The van der Waals surface area contributed by atoms with E-state index in [2.05, 4.69) is 19.1 Å². The lowest BCUT2D eigenvalue weighted by molar-refractivity contribution is 0.337. The Morgan fingerprint density at radius 1 is 1.44 bits per heavy atom. The Morgan fingerprint density at radius 2 is 2.22 bits per heavy atom. The zero-order valence-electron chi connectivity index (χ0n) is 5.41. The fraction of sp³-hybridized carbons (Fsp3) is 0.500. The maximum atomic E-state index is 9.20. The molecule has 0 heterocycles. The van der Waals surface area contributed by atoms with Gasteiger partial charge in [0.15, 0.2) is 0 Å². The predicted octanol–water partition coefficient (Wildman–Crippen LogP) is 1.88. The topological polar surface area (TPSA) is 20.2 Å². The summed E-state index contributed by atoms with van der Waals surface area (Å²) in [5, 5.41) is 9.20. The molecular weight excluding hydrogens is 112 g/mol. The highest BCUT2D eigenvalue weighted by molar-refractivity contribution is 5.27. The lowest BCUT2D eigenvalue weighted by atomic mass is 9.98. The van der Waals surface area contributed by atoms with Crippen molar-refractivity contribution in [2.24, 2.45) is 17.8 Å². The number of hydrogen-bond donors (Lipinski definition) is 1. The van der Waals surface area contributed by atoms with Gasteiger partial charge in [-0.2, -0.15) is 0 Å². The van der Waals surface area contributed by atoms with Gasteiger partial charge in [0.25, 0.3) is 0 Å². The van der Waals surface area contributed by atoms with Crippen LogP contribution in [0.1, 0.15) is 6.92 Å². The fourth-order valence-electron chi connectivity index (χ4n) is 1.72. The van der Waals surface area contributed by atoms with Gasteiger partial charge in [-0.15, -0.1) is 0 Å². The summed E-state index contributed by atoms with van der Waals surface area (Å²) in [6.45, 7) is 2.18. The Morgan fingerprint density at radius 3 is 2.44 bits per heavy atom. The molecule has 3 atom stereocenters. The van der Waals surface area contributed by atoms with Crippen molar-refractivity contribution in [2.45, 2.75) is 6.92 Å². The molecule has 0 aromatic heterocycles. The standard InChI is InChI=1S/C8H10O/c1-5-6-2-3-7(5)8(9)4-6/h2-7,9H,1H3/t5-,6+,7+/m1/s1. The molecule has 0 spiro atoms. The van der Waals surface area contributed by atoms with Crippen LogP contribution in [-0.4, -0.2) is 5.11 Å². The first kappa shape index (κ1) is 5.10. The summed E-state index contributed by atoms with van der Waals surface area (Å²) in [6, 6.07) is 0. The average molecular weight is 122 g/mol. The first-order valence-electron chi connectivity index (χ1n) is 3.38. The second kappa shape index (κ2) is 1.41. The van der Waals surface area contributed by atoms with Crippen molar-refractivity contribution in [1.29, 1.82) is 0 Å². The van der Waals surface area contributed by atoms with E-state index in [1.807, 2.05) is 6.08 Å². The minimum Gasteiger partial charge on any atom is -0.512 e. The van der Waals surface area contributed by atoms with E-state index in [9.17, 15) is 5.11 Å². The quantitative estimate of drug-likeness (QED) is 0.486. The van der Waals surface area contributed by atoms with Crippen LogP contribution in [0.25, 0.3) is 0 Å². The molecule has 2 rings (SSSR count). The Balaban J connectivity index is 2.35. The lowest BCUT2D eigenvalue weighted by Gasteiger charge is -2.07. The summed E-state index contributed by atoms with van der Waals surface area (Å²) in [4.78, 5) is 0. The molecule has 1 heteroatoms. The van der Waals surface area contributed by atoms with E-state index < -0.39 is 0 Å². The molecule has 9 heavy (non-hydrogen) atoms. The van der Waals surface area contributed by atoms with Crippen LogP contribution in [0.5, 0.6) is 0 Å². The van der Waals surface area contributed by atoms with Gasteiger partial charge in [-0.05, 0) is 12.0 Å². The summed E-state index contributed by atoms with van der Waals surface area (Å²) in [6.07, 6.45) is 6.23. The Labute approximate surface area is 54.7 Å². The van der Waals surface area contributed by atoms with E-state index in [1.165, 1.54) is 0 Å². The van der Waals surface area contributed by atoms with Crippen LogP contribution < -0.4 is 0 Å². The number of aliphatic hydroxyl groups excluding tert-OH is 1. The van der Waals surface area contributed by atoms with Crippen LogP contribution in [0.2, 0.25) is 0 Å². The normalized spacial score (nSPS) is 45.9. The van der Waals surface area contributed by atoms with Crippen molar-refractivity contribution in [3.63, 3.8) is 0 Å². The summed E-state index contributed by atoms with van der Waals surface area (Å²) in [5.41, 5.74) is 0. The van der Waals surface area contributed by atoms with E-state index in [0.29, 0.717) is 23.5 Å². The largest absolute Gasteiger partial charge is 0.512 e. The van der Waals surface area contributed by atoms with E-state index in [4.69, 9.17) is 0 Å². The SMILES string of the molecule is C[C@@H]1[C@H]2C=C[C@@H]1C(O)=C2. The van der Waals surface area contributed by atoms with Gasteiger partial charge in [-0.3, -0.25) is 0 Å². The van der Waals surface area contributed by atoms with Gasteiger partial charge in [-0.25, -0.2) is 0 Å². The van der Waals surface area contributed by atoms with E-state index >= 15 is 0 Å². The molecule has 0 fully saturated rings. The summed E-state index contributed by atoms with van der Waals surface area (Å²) < 4.78 is 0. The lowest BCUT2D eigenvalue weighted by Crippen LogP contribution is -2.03. The monoisotopic (exact) mass is 122 g/mol. The first-order chi connectivity index (χ1) is 4.29. The molecule has 1 N–H and O–H groups in total. The third-order valence-corrected chi connectivity index (χ3v) is 2.42. The van der Waals surface area contributed by atoms with Crippen molar-refractivity contribution in [2.75, 3.05) is 0 Å². The average Bonchev–Trinajstić information content (AvgIpc) is 2.25. The highest BCUT2D eigenvalue weighted by Crippen LogP contribution is 2.41. The van der Waals surface area contributed by atoms with Crippen LogP contribution in [-0.2, 0) is 0 Å². The van der Waals surface area contributed by atoms with E-state index in [1.54, 1.807) is 0 Å². The van der Waals surface area contributed by atoms with Gasteiger partial charge in [0, 0.05) is 11.8 Å². The number of rotatable bonds is 0. The third-order valence-electron chi connectivity index (χ3n) is 2.42. The molecule has 0 saturated heterocycles. The Kier molecular flexibility index (Phi) is 0.797. The molecule has 48 valence electrons. The summed E-state index contributed by atoms with van der Waals surface area (Å²) >= 11 is 0. The summed E-state index contributed by atoms with van der Waals surface area (Å²) in [7, 11) is 0. The van der Waals surface area contributed by atoms with Gasteiger partial charge < -0.3 is 5.11 Å². The van der Waals surface area contributed by atoms with Crippen molar-refractivity contribution < 1.29 is 5.11 Å². The predicted molar refractivity (Wildman–Crippen MR) is 36.0 cm³/mol. The molecule has 2 aliphatic carbocycles. The Bertz CT molecular complexity index is 191. The van der Waals surface area contributed by atoms with Crippen molar-refractivity contribution in [1.82, 2.24) is 0 Å². The molecule has 2 bridgehead atoms. The number of aliphatic hydroxyl groups is 1. The number of fused-ring (bicyclic) bond motifs is 2. The minimum atomic E-state index is 0.343. The molecule has 0 saturated carbocycles. The molecule has 0 unspecified atom stereocenters. The van der Waals surface area contributed by atoms with Crippen LogP contribution in [0.3, 0.4) is 0 Å². The molecule has 0 aliphatic heterocycles. The van der Waals surface area contributed by atoms with Crippen LogP contribution in [0.4, 0.5) is 0 Å². The van der Waals surface area contributed by atoms with Crippen LogP contribution in [0.15, 0.2) is 24.0 Å². The van der Waals surface area contributed by atoms with Gasteiger partial charge in [0.1, 0.15) is 0 Å². The second-order valence-electron chi connectivity index (χ2n) is 2.94. The van der Waals surface area contributed by atoms with Crippen LogP contribution in [0, 0.1) is 17.8 Å². The van der Waals surface area contributed by atoms with Crippen molar-refractivity contribution in [3.8, 4) is 0 Å². The highest BCUT2D eigenvalue weighted by atomic mass is 16.3. The molecular formula is C8H10O. The minimum absolute atomic E-state index is 0.343. The number of allylic oxidation sites excluding steroid dienone is 3. The fourth-order valence-corrected chi connectivity index (χ4v) is 1.72. The van der Waals surface area contributed by atoms with Crippen molar-refractivity contribution in [3.05, 3.63) is 24.0 Å². The molecule has 0 aromatic carbocycles. The van der Waals surface area contributed by atoms with Gasteiger partial charge in [-0.1, -0.05) is 19.1 Å². The zero-order chi connectivity index (χ0) is 6.43. The summed E-state index contributed by atoms with van der Waals surface area (Å²) in [5.74, 6) is 2.06. The van der Waals surface area contributed by atoms with E-state index in [0.717, 1.165) is 0 Å². The zero-order valence-corrected chi connectivity index (χ0v) is 5.41. The first-order valence-corrected chi connectivity index (χ1v) is 3.38. The second-order valence-corrected chi connectivity index (χ2v) is 2.94. The molecule has 2 aliphatic rings. The third kappa shape index (κ3) is 0.493. The smallest absolute Gasteiger partial charge is 0.0960 e. The van der Waals surface area contributed by atoms with Crippen LogP contribution >= 0.6 is 0 Å². The molecule has 1 nitrogen and oxygen atoms in total. The maximum Gasteiger partial charge on any atom is 0.0960 e. The Hall–Kier alpha value is -0.720. The molecule has 0 amide bonds. The maximum absolute atomic E-state index is 9.20. The van der Waals surface area contributed by atoms with E-state index in [-0.39, 0.29) is 0 Å². The molecule has 0 radical (unpaired) electrons. The highest BCUT2D eigenvalue weighted by Gasteiger charge is 2.35. The molecule has 0 aromatic rings.